The minimum atomic E-state index is 0.0497. The summed E-state index contributed by atoms with van der Waals surface area (Å²) in [4.78, 5) is 11.1. The monoisotopic (exact) mass is 357 g/mol. The maximum absolute atomic E-state index is 5.98. The van der Waals surface area contributed by atoms with Gasteiger partial charge in [0.1, 0.15) is 16.8 Å². The lowest BCUT2D eigenvalue weighted by Gasteiger charge is -2.01. The molecule has 2 heterocycles. The van der Waals surface area contributed by atoms with Gasteiger partial charge in [-0.25, -0.2) is 0 Å². The van der Waals surface area contributed by atoms with Crippen LogP contribution in [-0.4, -0.2) is 32.4 Å². The molecule has 0 unspecified atom stereocenters. The number of methoxy groups -OCH3 is 1. The summed E-state index contributed by atoms with van der Waals surface area (Å²) in [5.74, 6) is 1.54. The summed E-state index contributed by atoms with van der Waals surface area (Å²) in [5, 5.41) is 12.4. The van der Waals surface area contributed by atoms with E-state index in [4.69, 9.17) is 25.7 Å². The average Bonchev–Trinajstić information content (AvgIpc) is 3.27. The van der Waals surface area contributed by atoms with Crippen LogP contribution in [-0.2, 0) is 6.61 Å². The summed E-state index contributed by atoms with van der Waals surface area (Å²) in [6.45, 7) is 0.0497. The molecular weight excluding hydrogens is 346 g/mol. The van der Waals surface area contributed by atoms with E-state index in [1.54, 1.807) is 25.3 Å². The maximum atomic E-state index is 5.98. The van der Waals surface area contributed by atoms with Gasteiger partial charge in [0.25, 0.3) is 5.89 Å². The van der Waals surface area contributed by atoms with Gasteiger partial charge in [-0.1, -0.05) is 21.6 Å². The zero-order valence-corrected chi connectivity index (χ0v) is 13.8. The first-order chi connectivity index (χ1) is 12.2. The normalized spacial score (nSPS) is 11.0. The van der Waals surface area contributed by atoms with Crippen LogP contribution in [0.3, 0.4) is 0 Å². The van der Waals surface area contributed by atoms with Gasteiger partial charge in [-0.05, 0) is 47.7 Å². The van der Waals surface area contributed by atoms with E-state index in [1.807, 2.05) is 24.3 Å². The van der Waals surface area contributed by atoms with E-state index < -0.39 is 0 Å². The number of fused-ring (bicyclic) bond motifs is 1. The first kappa shape index (κ1) is 15.4. The number of nitrogens with zero attached hydrogens (tertiary/aromatic N) is 5. The van der Waals surface area contributed by atoms with Crippen molar-refractivity contribution in [3.8, 4) is 17.1 Å². The molecule has 0 N–H and O–H groups in total. The number of hydrogen-bond acceptors (Lipinski definition) is 7. The van der Waals surface area contributed by atoms with Crippen LogP contribution in [0.4, 0.5) is 0 Å². The van der Waals surface area contributed by atoms with Crippen molar-refractivity contribution in [3.05, 3.63) is 53.4 Å². The Morgan fingerprint density at radius 2 is 2.00 bits per heavy atom. The molecule has 4 rings (SSSR count). The van der Waals surface area contributed by atoms with Gasteiger partial charge in [-0.3, -0.25) is 0 Å². The number of hydrogen-bond donors (Lipinski definition) is 0. The number of rotatable bonds is 5. The van der Waals surface area contributed by atoms with Gasteiger partial charge < -0.3 is 14.1 Å². The fraction of sp³-hybridized carbons (Fsp3) is 0.125. The Morgan fingerprint density at radius 3 is 2.80 bits per heavy atom. The predicted molar refractivity (Wildman–Crippen MR) is 89.1 cm³/mol. The van der Waals surface area contributed by atoms with Gasteiger partial charge in [0.05, 0.1) is 7.11 Å². The summed E-state index contributed by atoms with van der Waals surface area (Å²) in [7, 11) is 1.61. The van der Waals surface area contributed by atoms with Gasteiger partial charge in [-0.15, -0.1) is 5.10 Å². The molecule has 2 aromatic carbocycles. The fourth-order valence-electron chi connectivity index (χ4n) is 2.25. The van der Waals surface area contributed by atoms with E-state index in [2.05, 4.69) is 20.5 Å². The topological polar surface area (TPSA) is 88.1 Å². The van der Waals surface area contributed by atoms with Crippen LogP contribution in [0.25, 0.3) is 22.4 Å². The second-order valence-electron chi connectivity index (χ2n) is 5.11. The lowest BCUT2D eigenvalue weighted by molar-refractivity contribution is 0.0583. The number of ether oxygens (including phenoxy) is 1. The van der Waals surface area contributed by atoms with Crippen molar-refractivity contribution < 1.29 is 14.1 Å². The summed E-state index contributed by atoms with van der Waals surface area (Å²) >= 11 is 5.98. The molecule has 0 saturated carbocycles. The first-order valence-corrected chi connectivity index (χ1v) is 7.72. The molecule has 8 nitrogen and oxygen atoms in total. The molecule has 0 spiro atoms. The van der Waals surface area contributed by atoms with Crippen molar-refractivity contribution in [1.29, 1.82) is 0 Å². The molecule has 0 amide bonds. The Morgan fingerprint density at radius 1 is 1.16 bits per heavy atom. The highest BCUT2D eigenvalue weighted by molar-refractivity contribution is 6.31. The SMILES string of the molecule is COc1ccc(-c2noc(COn3nnc4ccc(Cl)cc43)n2)cc1. The van der Waals surface area contributed by atoms with Crippen LogP contribution < -0.4 is 9.57 Å². The highest BCUT2D eigenvalue weighted by atomic mass is 35.5. The van der Waals surface area contributed by atoms with Crippen LogP contribution in [0.15, 0.2) is 47.0 Å². The zero-order valence-electron chi connectivity index (χ0n) is 13.1. The molecule has 4 aromatic rings. The van der Waals surface area contributed by atoms with Crippen molar-refractivity contribution in [3.63, 3.8) is 0 Å². The quantitative estimate of drug-likeness (QED) is 0.542. The molecule has 9 heteroatoms. The maximum Gasteiger partial charge on any atom is 0.267 e. The van der Waals surface area contributed by atoms with Crippen LogP contribution >= 0.6 is 11.6 Å². The van der Waals surface area contributed by atoms with Gasteiger partial charge in [0.2, 0.25) is 5.82 Å². The van der Waals surface area contributed by atoms with Gasteiger partial charge in [-0.2, -0.15) is 4.98 Å². The number of aromatic nitrogens is 5. The summed E-state index contributed by atoms with van der Waals surface area (Å²) in [6.07, 6.45) is 0. The Kier molecular flexibility index (Phi) is 3.95. The third-order valence-corrected chi connectivity index (χ3v) is 3.74. The van der Waals surface area contributed by atoms with E-state index in [-0.39, 0.29) is 6.61 Å². The third-order valence-electron chi connectivity index (χ3n) is 3.50. The highest BCUT2D eigenvalue weighted by Gasteiger charge is 2.11. The van der Waals surface area contributed by atoms with E-state index in [0.717, 1.165) is 11.3 Å². The van der Waals surface area contributed by atoms with E-state index in [1.165, 1.54) is 4.85 Å². The molecule has 0 saturated heterocycles. The van der Waals surface area contributed by atoms with Crippen molar-refractivity contribution in [2.24, 2.45) is 0 Å². The second-order valence-corrected chi connectivity index (χ2v) is 5.55. The molecule has 126 valence electrons. The van der Waals surface area contributed by atoms with Crippen LogP contribution in [0, 0.1) is 0 Å². The molecule has 0 aliphatic carbocycles. The minimum absolute atomic E-state index is 0.0497. The van der Waals surface area contributed by atoms with Crippen molar-refractivity contribution >= 4 is 22.6 Å². The van der Waals surface area contributed by atoms with Crippen LogP contribution in [0.1, 0.15) is 5.89 Å². The summed E-state index contributed by atoms with van der Waals surface area (Å²) < 4.78 is 10.3. The van der Waals surface area contributed by atoms with E-state index >= 15 is 0 Å². The molecule has 0 aliphatic rings. The van der Waals surface area contributed by atoms with E-state index in [0.29, 0.717) is 27.8 Å². The van der Waals surface area contributed by atoms with Gasteiger partial charge >= 0.3 is 0 Å². The Labute approximate surface area is 146 Å². The molecule has 0 bridgehead atoms. The molecule has 0 aliphatic heterocycles. The predicted octanol–water partition coefficient (Wildman–Crippen LogP) is 2.77. The number of halogens is 1. The molecule has 0 radical (unpaired) electrons. The zero-order chi connectivity index (χ0) is 17.2. The Balaban J connectivity index is 1.49. The Bertz CT molecular complexity index is 1010. The highest BCUT2D eigenvalue weighted by Crippen LogP contribution is 2.20. The minimum Gasteiger partial charge on any atom is -0.497 e. The average molecular weight is 358 g/mol. The lowest BCUT2D eigenvalue weighted by Crippen LogP contribution is -2.13. The van der Waals surface area contributed by atoms with E-state index in [9.17, 15) is 0 Å². The lowest BCUT2D eigenvalue weighted by atomic mass is 10.2. The van der Waals surface area contributed by atoms with Crippen LogP contribution in [0.2, 0.25) is 5.02 Å². The number of benzene rings is 2. The molecule has 0 atom stereocenters. The van der Waals surface area contributed by atoms with Crippen molar-refractivity contribution in [2.75, 3.05) is 7.11 Å². The Hall–Kier alpha value is -3.13. The summed E-state index contributed by atoms with van der Waals surface area (Å²) in [5.41, 5.74) is 2.14. The van der Waals surface area contributed by atoms with Gasteiger partial charge in [0, 0.05) is 10.6 Å². The molecule has 2 aromatic heterocycles. The second kappa shape index (κ2) is 6.40. The first-order valence-electron chi connectivity index (χ1n) is 7.34. The standard InChI is InChI=1S/C16H12ClN5O3/c1-23-12-5-2-10(3-6-12)16-18-15(25-20-16)9-24-22-14-8-11(17)4-7-13(14)19-21-22/h2-8H,9H2,1H3. The summed E-state index contributed by atoms with van der Waals surface area (Å²) in [6, 6.07) is 12.6. The van der Waals surface area contributed by atoms with Crippen LogP contribution in [0.5, 0.6) is 5.75 Å². The third kappa shape index (κ3) is 3.11. The molecular formula is C16H12ClN5O3. The smallest absolute Gasteiger partial charge is 0.267 e. The molecule has 25 heavy (non-hydrogen) atoms. The molecule has 0 fully saturated rings. The largest absolute Gasteiger partial charge is 0.497 e. The fourth-order valence-corrected chi connectivity index (χ4v) is 2.42. The van der Waals surface area contributed by atoms with Gasteiger partial charge in [0.15, 0.2) is 6.61 Å². The van der Waals surface area contributed by atoms with Crippen molar-refractivity contribution in [2.45, 2.75) is 6.61 Å². The van der Waals surface area contributed by atoms with Crippen molar-refractivity contribution in [1.82, 2.24) is 25.3 Å².